The zero-order valence-electron chi connectivity index (χ0n) is 18.2. The Labute approximate surface area is 190 Å². The van der Waals surface area contributed by atoms with Crippen LogP contribution in [0.5, 0.6) is 5.75 Å². The van der Waals surface area contributed by atoms with E-state index in [0.29, 0.717) is 35.4 Å². The minimum atomic E-state index is -3.79. The molecule has 0 radical (unpaired) electrons. The molecule has 0 amide bonds. The molecule has 4 atom stereocenters. The van der Waals surface area contributed by atoms with E-state index in [2.05, 4.69) is 25.4 Å². The molecule has 4 N–H and O–H groups in total. The fraction of sp³-hybridized carbons (Fsp3) is 0.400. The van der Waals surface area contributed by atoms with Gasteiger partial charge in [-0.15, -0.1) is 0 Å². The first-order valence-electron chi connectivity index (χ1n) is 10.4. The number of aldehydes is 1. The molecule has 1 unspecified atom stereocenters. The van der Waals surface area contributed by atoms with E-state index in [0.717, 1.165) is 0 Å². The number of fused-ring (bicyclic) bond motifs is 1. The average molecular weight is 475 g/mol. The van der Waals surface area contributed by atoms with E-state index >= 15 is 0 Å². The number of hydrogen-bond donors (Lipinski definition) is 3. The number of aromatic nitrogens is 4. The lowest BCUT2D eigenvalue weighted by Gasteiger charge is -2.21. The van der Waals surface area contributed by atoms with Gasteiger partial charge in [0.05, 0.1) is 25.6 Å². The Morgan fingerprint density at radius 2 is 2.12 bits per heavy atom. The lowest BCUT2D eigenvalue weighted by Crippen LogP contribution is -2.23. The summed E-state index contributed by atoms with van der Waals surface area (Å²) in [7, 11) is -2.06. The highest BCUT2D eigenvalue weighted by molar-refractivity contribution is 7.52. The van der Waals surface area contributed by atoms with Crippen molar-refractivity contribution in [2.45, 2.75) is 25.7 Å². The molecule has 1 fully saturated rings. The molecule has 1 aliphatic heterocycles. The number of anilines is 2. The normalized spacial score (nSPS) is 22.2. The number of carbonyl (C=O) groups is 1. The lowest BCUT2D eigenvalue weighted by atomic mass is 10.1. The van der Waals surface area contributed by atoms with Gasteiger partial charge in [-0.1, -0.05) is 25.1 Å². The van der Waals surface area contributed by atoms with Crippen molar-refractivity contribution in [1.29, 1.82) is 0 Å². The van der Waals surface area contributed by atoms with Crippen LogP contribution in [0.2, 0.25) is 0 Å². The number of nitrogens with zero attached hydrogens (tertiary/aromatic N) is 4. The molecular weight excluding hydrogens is 449 g/mol. The molecule has 1 aromatic carbocycles. The van der Waals surface area contributed by atoms with Gasteiger partial charge in [-0.25, -0.2) is 14.6 Å². The second-order valence-corrected chi connectivity index (χ2v) is 9.34. The highest BCUT2D eigenvalue weighted by atomic mass is 31.2. The lowest BCUT2D eigenvalue weighted by molar-refractivity contribution is -0.107. The van der Waals surface area contributed by atoms with Crippen molar-refractivity contribution >= 4 is 37.0 Å². The summed E-state index contributed by atoms with van der Waals surface area (Å²) in [6, 6.07) is 8.61. The van der Waals surface area contributed by atoms with Gasteiger partial charge in [-0.2, -0.15) is 9.97 Å². The minimum Gasteiger partial charge on any atom is -0.413 e. The van der Waals surface area contributed by atoms with Crippen LogP contribution in [-0.2, 0) is 18.6 Å². The molecule has 13 heteroatoms. The van der Waals surface area contributed by atoms with Gasteiger partial charge in [0, 0.05) is 13.0 Å². The Bertz CT molecular complexity index is 1160. The van der Waals surface area contributed by atoms with Gasteiger partial charge in [0.2, 0.25) is 5.95 Å². The molecular formula is C20H26N7O5P. The molecule has 176 valence electrons. The van der Waals surface area contributed by atoms with Gasteiger partial charge in [-0.05, 0) is 18.6 Å². The van der Waals surface area contributed by atoms with Crippen LogP contribution in [-0.4, -0.2) is 52.1 Å². The smallest absolute Gasteiger partial charge is 0.413 e. The first-order valence-corrected chi connectivity index (χ1v) is 12.0. The maximum Gasteiger partial charge on any atom is 0.459 e. The summed E-state index contributed by atoms with van der Waals surface area (Å²) in [5.41, 5.74) is 6.98. The molecule has 33 heavy (non-hydrogen) atoms. The van der Waals surface area contributed by atoms with Crippen LogP contribution >= 0.6 is 7.75 Å². The number of nitrogens with one attached hydrogen (secondary N) is 2. The van der Waals surface area contributed by atoms with Crippen LogP contribution in [0.4, 0.5) is 11.8 Å². The Morgan fingerprint density at radius 3 is 2.85 bits per heavy atom. The number of ether oxygens (including phenoxy) is 1. The summed E-state index contributed by atoms with van der Waals surface area (Å²) in [6.07, 6.45) is 2.13. The first-order chi connectivity index (χ1) is 15.9. The van der Waals surface area contributed by atoms with Crippen LogP contribution < -0.4 is 20.7 Å². The van der Waals surface area contributed by atoms with Crippen LogP contribution in [0.15, 0.2) is 36.7 Å². The molecule has 0 saturated carbocycles. The minimum absolute atomic E-state index is 0.00231. The third-order valence-corrected chi connectivity index (χ3v) is 6.68. The maximum atomic E-state index is 13.1. The van der Waals surface area contributed by atoms with Crippen LogP contribution in [0, 0.1) is 5.92 Å². The van der Waals surface area contributed by atoms with Gasteiger partial charge in [-0.3, -0.25) is 9.09 Å². The molecule has 0 aliphatic carbocycles. The summed E-state index contributed by atoms with van der Waals surface area (Å²) in [6.45, 7) is 1.86. The number of nitrogens with two attached hydrogens (primary N) is 1. The third kappa shape index (κ3) is 5.14. The van der Waals surface area contributed by atoms with Gasteiger partial charge in [0.25, 0.3) is 0 Å². The van der Waals surface area contributed by atoms with Crippen molar-refractivity contribution in [3.63, 3.8) is 0 Å². The fourth-order valence-corrected chi connectivity index (χ4v) is 4.98. The highest BCUT2D eigenvalue weighted by Gasteiger charge is 2.37. The SMILES string of the molecule is CNc1nc(N)nc2c1ncn2[C@@H]1O[C@H](COP(=O)(NCC=O)Oc2ccccc2)C[C@@H]1C. The van der Waals surface area contributed by atoms with Crippen molar-refractivity contribution in [1.82, 2.24) is 24.6 Å². The van der Waals surface area contributed by atoms with Crippen LogP contribution in [0.3, 0.4) is 0 Å². The van der Waals surface area contributed by atoms with E-state index in [-0.39, 0.29) is 37.3 Å². The summed E-state index contributed by atoms with van der Waals surface area (Å²) in [4.78, 5) is 23.7. The van der Waals surface area contributed by atoms with E-state index in [1.807, 2.05) is 17.6 Å². The number of para-hydroxylation sites is 1. The van der Waals surface area contributed by atoms with Gasteiger partial charge in [0.15, 0.2) is 17.0 Å². The zero-order valence-corrected chi connectivity index (χ0v) is 19.1. The van der Waals surface area contributed by atoms with Gasteiger partial charge >= 0.3 is 7.75 Å². The predicted octanol–water partition coefficient (Wildman–Crippen LogP) is 2.37. The molecule has 12 nitrogen and oxygen atoms in total. The molecule has 3 aromatic rings. The first kappa shape index (κ1) is 23.1. The monoisotopic (exact) mass is 475 g/mol. The molecule has 0 bridgehead atoms. The number of imidazole rings is 1. The third-order valence-electron chi connectivity index (χ3n) is 5.17. The summed E-state index contributed by atoms with van der Waals surface area (Å²) in [5, 5.41) is 5.51. The molecule has 3 heterocycles. The largest absolute Gasteiger partial charge is 0.459 e. The average Bonchev–Trinajstić information content (AvgIpc) is 3.39. The summed E-state index contributed by atoms with van der Waals surface area (Å²) in [5.74, 6) is 1.10. The highest BCUT2D eigenvalue weighted by Crippen LogP contribution is 2.45. The quantitative estimate of drug-likeness (QED) is 0.292. The van der Waals surface area contributed by atoms with Crippen molar-refractivity contribution in [2.24, 2.45) is 5.92 Å². The Kier molecular flexibility index (Phi) is 6.89. The van der Waals surface area contributed by atoms with E-state index in [1.165, 1.54) is 0 Å². The number of carbonyl (C=O) groups excluding carboxylic acids is 1. The van der Waals surface area contributed by atoms with Crippen molar-refractivity contribution in [3.05, 3.63) is 36.7 Å². The van der Waals surface area contributed by atoms with E-state index < -0.39 is 7.75 Å². The topological polar surface area (TPSA) is 156 Å². The number of rotatable bonds is 10. The fourth-order valence-electron chi connectivity index (χ4n) is 3.71. The second kappa shape index (κ2) is 9.84. The van der Waals surface area contributed by atoms with Crippen molar-refractivity contribution in [3.8, 4) is 5.75 Å². The number of benzene rings is 1. The molecule has 2 aromatic heterocycles. The number of hydrogen-bond acceptors (Lipinski definition) is 10. The van der Waals surface area contributed by atoms with E-state index in [9.17, 15) is 9.36 Å². The van der Waals surface area contributed by atoms with Crippen LogP contribution in [0.1, 0.15) is 19.6 Å². The van der Waals surface area contributed by atoms with Gasteiger partial charge in [0.1, 0.15) is 18.3 Å². The molecule has 1 saturated heterocycles. The summed E-state index contributed by atoms with van der Waals surface area (Å²) >= 11 is 0. The Balaban J connectivity index is 1.47. The number of nitrogen functional groups attached to an aromatic ring is 1. The van der Waals surface area contributed by atoms with Crippen molar-refractivity contribution in [2.75, 3.05) is 31.2 Å². The Morgan fingerprint density at radius 1 is 1.33 bits per heavy atom. The second-order valence-electron chi connectivity index (χ2n) is 7.59. The predicted molar refractivity (Wildman–Crippen MR) is 122 cm³/mol. The maximum absolute atomic E-state index is 13.1. The molecule has 0 spiro atoms. The molecule has 1 aliphatic rings. The van der Waals surface area contributed by atoms with E-state index in [4.69, 9.17) is 19.5 Å². The van der Waals surface area contributed by atoms with E-state index in [1.54, 1.807) is 37.6 Å². The Hall–Kier alpha value is -3.05. The standard InChI is InChI=1S/C20H26N7O5P/c1-13-10-15(11-30-33(29,24-8-9-28)32-14-6-4-3-5-7-14)31-19(13)27-12-23-16-17(22-2)25-20(21)26-18(16)27/h3-7,9,12-13,15,19H,8,10-11H2,1-2H3,(H,24,29)(H3,21,22,25,26)/t13-,15-,19+,33?/m0/s1. The van der Waals surface area contributed by atoms with Crippen molar-refractivity contribution < 1.29 is 23.1 Å². The van der Waals surface area contributed by atoms with Crippen LogP contribution in [0.25, 0.3) is 11.2 Å². The molecule has 4 rings (SSSR count). The van der Waals surface area contributed by atoms with Gasteiger partial charge < -0.3 is 25.1 Å². The summed E-state index contributed by atoms with van der Waals surface area (Å²) < 4.78 is 32.3. The zero-order chi connectivity index (χ0) is 23.4.